The van der Waals surface area contributed by atoms with Crippen LogP contribution in [0.3, 0.4) is 0 Å². The van der Waals surface area contributed by atoms with Crippen LogP contribution in [0.5, 0.6) is 5.75 Å². The van der Waals surface area contributed by atoms with Crippen LogP contribution in [0.15, 0.2) is 10.5 Å². The lowest BCUT2D eigenvalue weighted by Crippen LogP contribution is -2.25. The molecule has 106 valence electrons. The standard InChI is InChI=1S/C15H16O5/c1-14(2,3)13(17)19-8-6-7-9-10(11(8)18-7)15(4,5)20-12(9)16/h6H,1-5H3. The second-order valence-electron chi connectivity index (χ2n) is 6.59. The normalized spacial score (nSPS) is 17.4. The molecule has 0 aliphatic carbocycles. The number of esters is 2. The van der Waals surface area contributed by atoms with Gasteiger partial charge >= 0.3 is 11.9 Å². The predicted molar refractivity (Wildman–Crippen MR) is 70.9 cm³/mol. The van der Waals surface area contributed by atoms with Crippen LogP contribution in [0.1, 0.15) is 50.5 Å². The fourth-order valence-electron chi connectivity index (χ4n) is 2.35. The molecule has 2 aromatic heterocycles. The van der Waals surface area contributed by atoms with E-state index in [9.17, 15) is 9.59 Å². The summed E-state index contributed by atoms with van der Waals surface area (Å²) in [7, 11) is 0. The van der Waals surface area contributed by atoms with Gasteiger partial charge in [0, 0.05) is 6.07 Å². The lowest BCUT2D eigenvalue weighted by atomic mass is 9.95. The predicted octanol–water partition coefficient (Wildman–Crippen LogP) is 3.23. The van der Waals surface area contributed by atoms with E-state index in [0.29, 0.717) is 28.0 Å². The summed E-state index contributed by atoms with van der Waals surface area (Å²) in [6.07, 6.45) is 0. The maximum Gasteiger partial charge on any atom is 0.343 e. The van der Waals surface area contributed by atoms with E-state index in [1.54, 1.807) is 40.7 Å². The average molecular weight is 276 g/mol. The third-order valence-corrected chi connectivity index (χ3v) is 3.39. The van der Waals surface area contributed by atoms with Crippen molar-refractivity contribution in [3.8, 4) is 5.75 Å². The van der Waals surface area contributed by atoms with Gasteiger partial charge in [-0.1, -0.05) is 0 Å². The summed E-state index contributed by atoms with van der Waals surface area (Å²) in [4.78, 5) is 23.8. The summed E-state index contributed by atoms with van der Waals surface area (Å²) in [5.74, 6) is -0.393. The third-order valence-electron chi connectivity index (χ3n) is 3.39. The van der Waals surface area contributed by atoms with Crippen LogP contribution >= 0.6 is 0 Å². The van der Waals surface area contributed by atoms with Gasteiger partial charge in [-0.2, -0.15) is 0 Å². The van der Waals surface area contributed by atoms with Crippen LogP contribution < -0.4 is 4.74 Å². The van der Waals surface area contributed by atoms with E-state index >= 15 is 0 Å². The van der Waals surface area contributed by atoms with Gasteiger partial charge in [0.25, 0.3) is 0 Å². The van der Waals surface area contributed by atoms with Crippen molar-refractivity contribution in [2.45, 2.75) is 40.2 Å². The van der Waals surface area contributed by atoms with E-state index in [-0.39, 0.29) is 5.97 Å². The number of benzene rings is 1. The molecule has 0 spiro atoms. The van der Waals surface area contributed by atoms with Gasteiger partial charge in [-0.3, -0.25) is 4.79 Å². The maximum absolute atomic E-state index is 12.0. The summed E-state index contributed by atoms with van der Waals surface area (Å²) in [5.41, 5.74) is 0.558. The number of rotatable bonds is 1. The molecule has 0 aromatic carbocycles. The van der Waals surface area contributed by atoms with Crippen molar-refractivity contribution in [1.82, 2.24) is 0 Å². The maximum atomic E-state index is 12.0. The number of carbonyl (C=O) groups is 2. The minimum Gasteiger partial charge on any atom is -0.452 e. The topological polar surface area (TPSA) is 65.7 Å². The highest BCUT2D eigenvalue weighted by molar-refractivity contribution is 6.06. The Morgan fingerprint density at radius 3 is 2.55 bits per heavy atom. The zero-order valence-electron chi connectivity index (χ0n) is 12.1. The van der Waals surface area contributed by atoms with Crippen LogP contribution in [0.25, 0.3) is 11.2 Å². The highest BCUT2D eigenvalue weighted by Crippen LogP contribution is 2.48. The Morgan fingerprint density at radius 2 is 1.95 bits per heavy atom. The zero-order valence-corrected chi connectivity index (χ0v) is 12.1. The van der Waals surface area contributed by atoms with Crippen molar-refractivity contribution >= 4 is 23.1 Å². The molecule has 0 atom stereocenters. The summed E-state index contributed by atoms with van der Waals surface area (Å²) in [5, 5.41) is 0. The summed E-state index contributed by atoms with van der Waals surface area (Å²) in [6, 6.07) is 1.57. The van der Waals surface area contributed by atoms with Crippen molar-refractivity contribution in [1.29, 1.82) is 0 Å². The van der Waals surface area contributed by atoms with Gasteiger partial charge in [-0.05, 0) is 34.6 Å². The molecule has 0 unspecified atom stereocenters. The molecule has 0 saturated carbocycles. The van der Waals surface area contributed by atoms with Crippen molar-refractivity contribution in [2.24, 2.45) is 5.41 Å². The molecule has 0 amide bonds. The highest BCUT2D eigenvalue weighted by Gasteiger charge is 2.45. The molecule has 5 nitrogen and oxygen atoms in total. The van der Waals surface area contributed by atoms with Crippen molar-refractivity contribution in [3.63, 3.8) is 0 Å². The molecule has 1 aliphatic rings. The van der Waals surface area contributed by atoms with Gasteiger partial charge < -0.3 is 13.9 Å². The fraction of sp³-hybridized carbons (Fsp3) is 0.467. The lowest BCUT2D eigenvalue weighted by Gasteiger charge is -2.18. The third kappa shape index (κ3) is 1.62. The van der Waals surface area contributed by atoms with E-state index in [0.717, 1.165) is 0 Å². The highest BCUT2D eigenvalue weighted by atomic mass is 16.6. The average Bonchev–Trinajstić information content (AvgIpc) is 2.89. The molecule has 0 fully saturated rings. The molecule has 0 radical (unpaired) electrons. The molecule has 0 saturated heterocycles. The summed E-state index contributed by atoms with van der Waals surface area (Å²) >= 11 is 0. The van der Waals surface area contributed by atoms with E-state index in [1.165, 1.54) is 0 Å². The van der Waals surface area contributed by atoms with Gasteiger partial charge in [0.1, 0.15) is 16.7 Å². The number of fused-ring (bicyclic) bond motifs is 5. The Bertz CT molecular complexity index is 714. The molecule has 3 heterocycles. The Balaban J connectivity index is 2.07. The van der Waals surface area contributed by atoms with Crippen LogP contribution in [0.4, 0.5) is 0 Å². The van der Waals surface area contributed by atoms with Gasteiger partial charge in [-0.25, -0.2) is 4.79 Å². The van der Waals surface area contributed by atoms with Gasteiger partial charge in [0.2, 0.25) is 0 Å². The lowest BCUT2D eigenvalue weighted by molar-refractivity contribution is -0.142. The first-order valence-electron chi connectivity index (χ1n) is 6.46. The van der Waals surface area contributed by atoms with E-state index in [4.69, 9.17) is 13.9 Å². The van der Waals surface area contributed by atoms with Crippen LogP contribution in [0.2, 0.25) is 0 Å². The van der Waals surface area contributed by atoms with E-state index < -0.39 is 17.0 Å². The molecule has 0 N–H and O–H groups in total. The Hall–Kier alpha value is -2.04. The van der Waals surface area contributed by atoms with Crippen molar-refractivity contribution in [3.05, 3.63) is 17.2 Å². The quantitative estimate of drug-likeness (QED) is 0.591. The Labute approximate surface area is 116 Å². The molecule has 2 bridgehead atoms. The number of hydrogen-bond acceptors (Lipinski definition) is 5. The Kier molecular flexibility index (Phi) is 2.29. The Morgan fingerprint density at radius 1 is 1.30 bits per heavy atom. The summed E-state index contributed by atoms with van der Waals surface area (Å²) < 4.78 is 16.3. The van der Waals surface area contributed by atoms with E-state index in [1.807, 2.05) is 0 Å². The second kappa shape index (κ2) is 3.53. The van der Waals surface area contributed by atoms with Crippen LogP contribution in [-0.4, -0.2) is 11.9 Å². The smallest absolute Gasteiger partial charge is 0.343 e. The van der Waals surface area contributed by atoms with Crippen LogP contribution in [0, 0.1) is 5.41 Å². The first-order chi connectivity index (χ1) is 9.11. The fourth-order valence-corrected chi connectivity index (χ4v) is 2.35. The molecular weight excluding hydrogens is 260 g/mol. The minimum atomic E-state index is -0.767. The zero-order chi connectivity index (χ0) is 14.9. The van der Waals surface area contributed by atoms with Crippen molar-refractivity contribution < 1.29 is 23.5 Å². The number of carbonyl (C=O) groups excluding carboxylic acids is 2. The van der Waals surface area contributed by atoms with Gasteiger partial charge in [0.15, 0.2) is 11.3 Å². The molecule has 3 rings (SSSR count). The minimum absolute atomic E-state index is 0.349. The SMILES string of the molecule is CC(C)(C)C(=O)Oc1cc2oc1c1c2C(=O)OC1(C)C. The largest absolute Gasteiger partial charge is 0.452 e. The van der Waals surface area contributed by atoms with E-state index in [2.05, 4.69) is 0 Å². The first kappa shape index (κ1) is 13.0. The monoisotopic (exact) mass is 276 g/mol. The van der Waals surface area contributed by atoms with Gasteiger partial charge in [-0.15, -0.1) is 0 Å². The molecule has 5 heteroatoms. The molecule has 1 aliphatic heterocycles. The number of cyclic esters (lactones) is 1. The van der Waals surface area contributed by atoms with Gasteiger partial charge in [0.05, 0.1) is 11.0 Å². The first-order valence-corrected chi connectivity index (χ1v) is 6.46. The van der Waals surface area contributed by atoms with Crippen LogP contribution in [-0.2, 0) is 15.1 Å². The molecular formula is C15H16O5. The second-order valence-corrected chi connectivity index (χ2v) is 6.59. The summed E-state index contributed by atoms with van der Waals surface area (Å²) in [6.45, 7) is 8.90. The van der Waals surface area contributed by atoms with Crippen molar-refractivity contribution in [2.75, 3.05) is 0 Å². The molecule has 20 heavy (non-hydrogen) atoms. The number of ether oxygens (including phenoxy) is 2. The number of hydrogen-bond donors (Lipinski definition) is 0. The number of furan rings is 2. The molecule has 2 aromatic rings.